The molecule has 3 aromatic rings. The Kier molecular flexibility index (Phi) is 12.9. The molecule has 12 heteroatoms. The number of nitrogens with one attached hydrogen (secondary N) is 1. The number of aliphatic hydroxyl groups is 1. The van der Waals surface area contributed by atoms with Gasteiger partial charge in [0.2, 0.25) is 5.91 Å². The molecule has 4 rings (SSSR count). The highest BCUT2D eigenvalue weighted by molar-refractivity contribution is 5.81. The van der Waals surface area contributed by atoms with Crippen molar-refractivity contribution >= 4 is 11.8 Å². The lowest BCUT2D eigenvalue weighted by atomic mass is 9.77. The first-order valence-electron chi connectivity index (χ1n) is 16.3. The Morgan fingerprint density at radius 3 is 1.59 bits per heavy atom. The van der Waals surface area contributed by atoms with E-state index in [1.165, 1.54) is 0 Å². The summed E-state index contributed by atoms with van der Waals surface area (Å²) in [6.45, 7) is 0.832. The molecule has 0 spiro atoms. The van der Waals surface area contributed by atoms with Crippen LogP contribution in [0.5, 0.6) is 17.2 Å². The highest BCUT2D eigenvalue weighted by atomic mass is 19.4. The van der Waals surface area contributed by atoms with Crippen molar-refractivity contribution in [3.05, 3.63) is 89.5 Å². The Balaban J connectivity index is 1.50. The fraction of sp³-hybridized carbons (Fsp3) is 0.459. The first-order valence-corrected chi connectivity index (χ1v) is 16.3. The van der Waals surface area contributed by atoms with Gasteiger partial charge in [0.25, 0.3) is 0 Å². The molecule has 1 heterocycles. The van der Waals surface area contributed by atoms with Gasteiger partial charge < -0.3 is 34.3 Å². The van der Waals surface area contributed by atoms with Crippen LogP contribution in [-0.4, -0.2) is 82.2 Å². The van der Waals surface area contributed by atoms with Gasteiger partial charge in [-0.15, -0.1) is 0 Å². The third-order valence-corrected chi connectivity index (χ3v) is 9.21. The van der Waals surface area contributed by atoms with Crippen molar-refractivity contribution in [3.63, 3.8) is 0 Å². The normalized spacial score (nSPS) is 14.6. The molecule has 1 aliphatic rings. The number of methoxy groups -OCH3 is 3. The standard InChI is InChI=1S/C37H45F3N2O7/c1-46-30-14-8-27(9-15-30)36(28-10-16-31(47-2)17-11-28,29-12-18-32(48-3)19-13-29)49-26-35(25-43)20-23-42(24-21-35)33(44)7-5-4-6-22-41-34(45)37(38,39)40/h8-19,43H,4-7,20-26H2,1-3H3,(H,41,45). The van der Waals surface area contributed by atoms with Crippen LogP contribution in [-0.2, 0) is 19.9 Å². The van der Waals surface area contributed by atoms with E-state index < -0.39 is 23.1 Å². The lowest BCUT2D eigenvalue weighted by Crippen LogP contribution is -2.48. The molecule has 2 N–H and O–H groups in total. The molecule has 9 nitrogen and oxygen atoms in total. The molecule has 1 fully saturated rings. The molecule has 266 valence electrons. The number of hydrogen-bond acceptors (Lipinski definition) is 7. The molecule has 2 amide bonds. The summed E-state index contributed by atoms with van der Waals surface area (Å²) in [6, 6.07) is 23.1. The number of piperidine rings is 1. The summed E-state index contributed by atoms with van der Waals surface area (Å²) >= 11 is 0. The Bertz CT molecular complexity index is 1370. The number of amides is 2. The minimum Gasteiger partial charge on any atom is -0.497 e. The number of ether oxygens (including phenoxy) is 4. The van der Waals surface area contributed by atoms with Gasteiger partial charge in [-0.1, -0.05) is 42.8 Å². The summed E-state index contributed by atoms with van der Waals surface area (Å²) < 4.78 is 60.4. The third-order valence-electron chi connectivity index (χ3n) is 9.21. The van der Waals surface area contributed by atoms with Crippen molar-refractivity contribution in [2.24, 2.45) is 5.41 Å². The zero-order valence-corrected chi connectivity index (χ0v) is 28.2. The van der Waals surface area contributed by atoms with E-state index in [9.17, 15) is 27.9 Å². The average Bonchev–Trinajstić information content (AvgIpc) is 3.13. The second-order valence-electron chi connectivity index (χ2n) is 12.3. The minimum atomic E-state index is -4.90. The molecule has 0 aliphatic carbocycles. The summed E-state index contributed by atoms with van der Waals surface area (Å²) in [7, 11) is 4.83. The molecule has 1 saturated heterocycles. The van der Waals surface area contributed by atoms with Gasteiger partial charge in [0.1, 0.15) is 22.8 Å². The lowest BCUT2D eigenvalue weighted by Gasteiger charge is -2.44. The van der Waals surface area contributed by atoms with E-state index in [4.69, 9.17) is 18.9 Å². The Morgan fingerprint density at radius 2 is 1.20 bits per heavy atom. The smallest absolute Gasteiger partial charge is 0.471 e. The monoisotopic (exact) mass is 686 g/mol. The molecule has 49 heavy (non-hydrogen) atoms. The molecular formula is C37H45F3N2O7. The molecule has 0 saturated carbocycles. The number of nitrogens with zero attached hydrogens (tertiary/aromatic N) is 1. The van der Waals surface area contributed by atoms with Crippen molar-refractivity contribution in [3.8, 4) is 17.2 Å². The van der Waals surface area contributed by atoms with Gasteiger partial charge in [0.05, 0.1) is 34.5 Å². The first-order chi connectivity index (χ1) is 23.5. The maximum absolute atomic E-state index is 13.0. The maximum Gasteiger partial charge on any atom is 0.471 e. The van der Waals surface area contributed by atoms with Crippen molar-refractivity contribution in [2.45, 2.75) is 50.3 Å². The van der Waals surface area contributed by atoms with Gasteiger partial charge in [0.15, 0.2) is 0 Å². The van der Waals surface area contributed by atoms with E-state index in [0.29, 0.717) is 62.4 Å². The number of carbonyl (C=O) groups is 2. The highest BCUT2D eigenvalue weighted by Crippen LogP contribution is 2.44. The molecule has 0 bridgehead atoms. The Labute approximate surface area is 285 Å². The number of unbranched alkanes of at least 4 members (excludes halogenated alkanes) is 2. The number of hydrogen-bond donors (Lipinski definition) is 2. The SMILES string of the molecule is COc1ccc(C(OCC2(CO)CCN(C(=O)CCCCCNC(=O)C(F)(F)F)CC2)(c2ccc(OC)cc2)c2ccc(OC)cc2)cc1. The van der Waals surface area contributed by atoms with Crippen molar-refractivity contribution in [1.29, 1.82) is 0 Å². The van der Waals surface area contributed by atoms with Crippen molar-refractivity contribution in [2.75, 3.05) is 54.2 Å². The van der Waals surface area contributed by atoms with Crippen LogP contribution >= 0.6 is 0 Å². The predicted molar refractivity (Wildman–Crippen MR) is 178 cm³/mol. The Morgan fingerprint density at radius 1 is 0.755 bits per heavy atom. The minimum absolute atomic E-state index is 0.0455. The fourth-order valence-corrected chi connectivity index (χ4v) is 6.11. The summed E-state index contributed by atoms with van der Waals surface area (Å²) in [4.78, 5) is 25.7. The highest BCUT2D eigenvalue weighted by Gasteiger charge is 2.43. The summed E-state index contributed by atoms with van der Waals surface area (Å²) in [5.41, 5.74) is 0.829. The second-order valence-corrected chi connectivity index (χ2v) is 12.3. The van der Waals surface area contributed by atoms with Crippen LogP contribution in [0.25, 0.3) is 0 Å². The molecular weight excluding hydrogens is 641 g/mol. The Hall–Kier alpha value is -4.29. The lowest BCUT2D eigenvalue weighted by molar-refractivity contribution is -0.173. The van der Waals surface area contributed by atoms with E-state index >= 15 is 0 Å². The number of halogens is 3. The van der Waals surface area contributed by atoms with Crippen LogP contribution < -0.4 is 19.5 Å². The summed E-state index contributed by atoms with van der Waals surface area (Å²) in [6.07, 6.45) is -2.26. The molecule has 0 aromatic heterocycles. The molecule has 0 unspecified atom stereocenters. The average molecular weight is 687 g/mol. The van der Waals surface area contributed by atoms with Crippen LogP contribution in [0.4, 0.5) is 13.2 Å². The predicted octanol–water partition coefficient (Wildman–Crippen LogP) is 5.86. The summed E-state index contributed by atoms with van der Waals surface area (Å²) in [5, 5.41) is 12.6. The zero-order valence-electron chi connectivity index (χ0n) is 28.2. The number of likely N-dealkylation sites (tertiary alicyclic amines) is 1. The second kappa shape index (κ2) is 16.9. The van der Waals surface area contributed by atoms with Gasteiger partial charge in [-0.2, -0.15) is 13.2 Å². The summed E-state index contributed by atoms with van der Waals surface area (Å²) in [5.74, 6) is 0.0795. The van der Waals surface area contributed by atoms with Gasteiger partial charge >= 0.3 is 12.1 Å². The largest absolute Gasteiger partial charge is 0.497 e. The van der Waals surface area contributed by atoms with Crippen LogP contribution in [0.15, 0.2) is 72.8 Å². The van der Waals surface area contributed by atoms with Crippen molar-refractivity contribution < 1.29 is 46.8 Å². The maximum atomic E-state index is 13.0. The molecule has 0 atom stereocenters. The van der Waals surface area contributed by atoms with Gasteiger partial charge in [0, 0.05) is 31.5 Å². The number of aliphatic hydroxyl groups excluding tert-OH is 1. The number of rotatable bonds is 16. The zero-order chi connectivity index (χ0) is 35.5. The fourth-order valence-electron chi connectivity index (χ4n) is 6.11. The molecule has 3 aromatic carbocycles. The number of carbonyl (C=O) groups excluding carboxylic acids is 2. The van der Waals surface area contributed by atoms with E-state index in [0.717, 1.165) is 16.7 Å². The van der Waals surface area contributed by atoms with E-state index in [1.807, 2.05) is 78.1 Å². The van der Waals surface area contributed by atoms with E-state index in [2.05, 4.69) is 0 Å². The van der Waals surface area contributed by atoms with Crippen LogP contribution in [0.1, 0.15) is 55.2 Å². The quantitative estimate of drug-likeness (QED) is 0.144. The molecule has 0 radical (unpaired) electrons. The van der Waals surface area contributed by atoms with Gasteiger partial charge in [-0.05, 0) is 78.8 Å². The van der Waals surface area contributed by atoms with Gasteiger partial charge in [-0.3, -0.25) is 9.59 Å². The van der Waals surface area contributed by atoms with Gasteiger partial charge in [-0.25, -0.2) is 0 Å². The van der Waals surface area contributed by atoms with Crippen LogP contribution in [0.2, 0.25) is 0 Å². The van der Waals surface area contributed by atoms with E-state index in [1.54, 1.807) is 26.2 Å². The van der Waals surface area contributed by atoms with Crippen LogP contribution in [0.3, 0.4) is 0 Å². The number of alkyl halides is 3. The first kappa shape index (κ1) is 37.5. The third kappa shape index (κ3) is 9.24. The topological polar surface area (TPSA) is 107 Å². The van der Waals surface area contributed by atoms with Crippen LogP contribution in [0, 0.1) is 5.41 Å². The van der Waals surface area contributed by atoms with E-state index in [-0.39, 0.29) is 32.1 Å². The van der Waals surface area contributed by atoms with Crippen molar-refractivity contribution in [1.82, 2.24) is 10.2 Å². The molecule has 1 aliphatic heterocycles. The number of benzene rings is 3.